The van der Waals surface area contributed by atoms with Crippen molar-refractivity contribution < 1.29 is 15.0 Å². The molecule has 17 heavy (non-hydrogen) atoms. The van der Waals surface area contributed by atoms with Crippen molar-refractivity contribution in [3.05, 3.63) is 0 Å². The van der Waals surface area contributed by atoms with Crippen molar-refractivity contribution in [3.8, 4) is 0 Å². The van der Waals surface area contributed by atoms with E-state index in [9.17, 15) is 9.90 Å². The molecule has 0 amide bonds. The van der Waals surface area contributed by atoms with Crippen LogP contribution in [0.4, 0.5) is 0 Å². The molecule has 1 saturated heterocycles. The lowest BCUT2D eigenvalue weighted by molar-refractivity contribution is -0.143. The predicted molar refractivity (Wildman–Crippen MR) is 64.8 cm³/mol. The van der Waals surface area contributed by atoms with Crippen molar-refractivity contribution in [2.24, 2.45) is 5.92 Å². The van der Waals surface area contributed by atoms with Gasteiger partial charge in [-0.1, -0.05) is 0 Å². The van der Waals surface area contributed by atoms with Gasteiger partial charge in [-0.2, -0.15) is 0 Å². The van der Waals surface area contributed by atoms with Crippen molar-refractivity contribution >= 4 is 5.97 Å². The van der Waals surface area contributed by atoms with Gasteiger partial charge in [0.1, 0.15) is 0 Å². The number of aliphatic carboxylic acids is 1. The number of rotatable bonds is 3. The maximum absolute atomic E-state index is 10.9. The van der Waals surface area contributed by atoms with Gasteiger partial charge in [-0.15, -0.1) is 0 Å². The van der Waals surface area contributed by atoms with E-state index in [-0.39, 0.29) is 12.0 Å². The molecule has 2 unspecified atom stereocenters. The zero-order valence-corrected chi connectivity index (χ0v) is 10.5. The topological polar surface area (TPSA) is 60.8 Å². The second kappa shape index (κ2) is 5.36. The number of carboxylic acid groups (broad SMARTS) is 1. The van der Waals surface area contributed by atoms with Gasteiger partial charge in [-0.3, -0.25) is 9.69 Å². The third-order valence-electron chi connectivity index (χ3n) is 4.41. The van der Waals surface area contributed by atoms with Gasteiger partial charge >= 0.3 is 5.97 Å². The summed E-state index contributed by atoms with van der Waals surface area (Å²) in [6, 6.07) is 0.786. The molecule has 0 radical (unpaired) electrons. The molecule has 98 valence electrons. The van der Waals surface area contributed by atoms with Gasteiger partial charge in [0.25, 0.3) is 0 Å². The first kappa shape index (κ1) is 12.8. The molecule has 2 N–H and O–H groups in total. The number of aliphatic hydroxyl groups excluding tert-OH is 1. The summed E-state index contributed by atoms with van der Waals surface area (Å²) in [5.41, 5.74) is 0. The van der Waals surface area contributed by atoms with Crippen LogP contribution in [0, 0.1) is 5.92 Å². The maximum atomic E-state index is 10.9. The molecule has 1 saturated carbocycles. The van der Waals surface area contributed by atoms with E-state index in [1.165, 1.54) is 0 Å². The van der Waals surface area contributed by atoms with E-state index in [0.717, 1.165) is 45.1 Å². The highest BCUT2D eigenvalue weighted by Crippen LogP contribution is 2.32. The summed E-state index contributed by atoms with van der Waals surface area (Å²) in [6.45, 7) is 2.93. The van der Waals surface area contributed by atoms with E-state index in [4.69, 9.17) is 5.11 Å². The number of aliphatic hydroxyl groups is 1. The number of hydrogen-bond donors (Lipinski definition) is 2. The molecule has 4 nitrogen and oxygen atoms in total. The fraction of sp³-hybridized carbons (Fsp3) is 0.923. The van der Waals surface area contributed by atoms with Crippen molar-refractivity contribution in [2.75, 3.05) is 6.54 Å². The molecule has 4 heteroatoms. The number of hydrogen-bond acceptors (Lipinski definition) is 3. The first-order valence-corrected chi connectivity index (χ1v) is 6.76. The summed E-state index contributed by atoms with van der Waals surface area (Å²) in [5.74, 6) is -0.782. The second-order valence-corrected chi connectivity index (χ2v) is 5.53. The summed E-state index contributed by atoms with van der Waals surface area (Å²) in [7, 11) is 0. The van der Waals surface area contributed by atoms with E-state index in [1.54, 1.807) is 0 Å². The Morgan fingerprint density at radius 3 is 2.41 bits per heavy atom. The first-order valence-electron chi connectivity index (χ1n) is 6.76. The highest BCUT2D eigenvalue weighted by Gasteiger charge is 2.36. The Kier molecular flexibility index (Phi) is 4.05. The lowest BCUT2D eigenvalue weighted by atomic mass is 9.85. The molecule has 0 aromatic rings. The third kappa shape index (κ3) is 2.80. The second-order valence-electron chi connectivity index (χ2n) is 5.53. The van der Waals surface area contributed by atoms with Gasteiger partial charge in [-0.25, -0.2) is 0 Å². The van der Waals surface area contributed by atoms with E-state index in [2.05, 4.69) is 4.90 Å². The quantitative estimate of drug-likeness (QED) is 0.785. The van der Waals surface area contributed by atoms with Crippen LogP contribution in [0.3, 0.4) is 0 Å². The molecule has 1 aliphatic heterocycles. The molecule has 2 fully saturated rings. The standard InChI is InChI=1S/C13H23NO3/c1-9(15)12-3-2-8-14(12)11-6-4-10(5-7-11)13(16)17/h9-12,15H,2-8H2,1H3,(H,16,17). The van der Waals surface area contributed by atoms with E-state index in [1.807, 2.05) is 6.92 Å². The number of carbonyl (C=O) groups is 1. The lowest BCUT2D eigenvalue weighted by Crippen LogP contribution is -2.46. The summed E-state index contributed by atoms with van der Waals surface area (Å²) in [5, 5.41) is 18.7. The molecule has 0 aromatic carbocycles. The minimum absolute atomic E-state index is 0.140. The molecular weight excluding hydrogens is 218 g/mol. The van der Waals surface area contributed by atoms with Crippen molar-refractivity contribution in [1.29, 1.82) is 0 Å². The third-order valence-corrected chi connectivity index (χ3v) is 4.41. The number of carboxylic acids is 1. The fourth-order valence-electron chi connectivity index (χ4n) is 3.44. The van der Waals surface area contributed by atoms with Crippen LogP contribution in [0.1, 0.15) is 45.4 Å². The Hall–Kier alpha value is -0.610. The summed E-state index contributed by atoms with van der Waals surface area (Å²) in [4.78, 5) is 13.3. The van der Waals surface area contributed by atoms with Crippen LogP contribution < -0.4 is 0 Å². The zero-order valence-electron chi connectivity index (χ0n) is 10.5. The van der Waals surface area contributed by atoms with E-state index >= 15 is 0 Å². The summed E-state index contributed by atoms with van der Waals surface area (Å²) < 4.78 is 0. The van der Waals surface area contributed by atoms with Gasteiger partial charge < -0.3 is 10.2 Å². The Morgan fingerprint density at radius 2 is 1.88 bits per heavy atom. The molecular formula is C13H23NO3. The van der Waals surface area contributed by atoms with E-state index < -0.39 is 5.97 Å². The normalized spacial score (nSPS) is 36.9. The zero-order chi connectivity index (χ0) is 12.4. The minimum Gasteiger partial charge on any atom is -0.481 e. The van der Waals surface area contributed by atoms with Crippen molar-refractivity contribution in [3.63, 3.8) is 0 Å². The monoisotopic (exact) mass is 241 g/mol. The summed E-state index contributed by atoms with van der Waals surface area (Å²) >= 11 is 0. The molecule has 2 rings (SSSR count). The molecule has 0 spiro atoms. The predicted octanol–water partition coefficient (Wildman–Crippen LogP) is 1.47. The Balaban J connectivity index is 1.90. The van der Waals surface area contributed by atoms with Gasteiger partial charge in [0.15, 0.2) is 0 Å². The smallest absolute Gasteiger partial charge is 0.306 e. The number of nitrogens with zero attached hydrogens (tertiary/aromatic N) is 1. The van der Waals surface area contributed by atoms with Gasteiger partial charge in [0.05, 0.1) is 12.0 Å². The largest absolute Gasteiger partial charge is 0.481 e. The van der Waals surface area contributed by atoms with Crippen LogP contribution in [-0.4, -0.2) is 45.8 Å². The minimum atomic E-state index is -0.642. The first-order chi connectivity index (χ1) is 8.09. The van der Waals surface area contributed by atoms with Crippen LogP contribution in [0.25, 0.3) is 0 Å². The average molecular weight is 241 g/mol. The van der Waals surface area contributed by atoms with Crippen LogP contribution in [0.2, 0.25) is 0 Å². The molecule has 0 aromatic heterocycles. The van der Waals surface area contributed by atoms with Crippen molar-refractivity contribution in [2.45, 2.75) is 63.6 Å². The van der Waals surface area contributed by atoms with Crippen LogP contribution in [0.15, 0.2) is 0 Å². The van der Waals surface area contributed by atoms with E-state index in [0.29, 0.717) is 12.1 Å². The van der Waals surface area contributed by atoms with Gasteiger partial charge in [0.2, 0.25) is 0 Å². The number of likely N-dealkylation sites (tertiary alicyclic amines) is 1. The Labute approximate surface area is 103 Å². The van der Waals surface area contributed by atoms with Crippen LogP contribution >= 0.6 is 0 Å². The molecule has 2 aliphatic rings. The Morgan fingerprint density at radius 1 is 1.24 bits per heavy atom. The van der Waals surface area contributed by atoms with Crippen LogP contribution in [-0.2, 0) is 4.79 Å². The maximum Gasteiger partial charge on any atom is 0.306 e. The van der Waals surface area contributed by atoms with Gasteiger partial charge in [-0.05, 0) is 52.0 Å². The highest BCUT2D eigenvalue weighted by atomic mass is 16.4. The average Bonchev–Trinajstić information content (AvgIpc) is 2.78. The fourth-order valence-corrected chi connectivity index (χ4v) is 3.44. The van der Waals surface area contributed by atoms with Crippen molar-refractivity contribution in [1.82, 2.24) is 4.90 Å². The van der Waals surface area contributed by atoms with Gasteiger partial charge in [0, 0.05) is 12.1 Å². The molecule has 1 heterocycles. The van der Waals surface area contributed by atoms with Crippen LogP contribution in [0.5, 0.6) is 0 Å². The molecule has 2 atom stereocenters. The highest BCUT2D eigenvalue weighted by molar-refractivity contribution is 5.70. The molecule has 0 bridgehead atoms. The Bertz CT molecular complexity index is 272. The SMILES string of the molecule is CC(O)C1CCCN1C1CCC(C(=O)O)CC1. The lowest BCUT2D eigenvalue weighted by Gasteiger charge is -2.38. The summed E-state index contributed by atoms with van der Waals surface area (Å²) in [6.07, 6.45) is 5.51. The molecule has 1 aliphatic carbocycles.